The molecule has 11 nitrogen and oxygen atoms in total. The second-order valence-corrected chi connectivity index (χ2v) is 6.31. The molecule has 8 N–H and O–H groups in total. The summed E-state index contributed by atoms with van der Waals surface area (Å²) < 4.78 is 0. The van der Waals surface area contributed by atoms with Gasteiger partial charge < -0.3 is 32.5 Å². The Balaban J connectivity index is 2.96. The van der Waals surface area contributed by atoms with Crippen molar-refractivity contribution in [2.45, 2.75) is 37.9 Å². The Bertz CT molecular complexity index is 754. The number of primary amides is 1. The van der Waals surface area contributed by atoms with Crippen LogP contribution in [0.2, 0.25) is 0 Å². The second kappa shape index (κ2) is 11.4. The van der Waals surface area contributed by atoms with Crippen LogP contribution in [0.3, 0.4) is 0 Å². The lowest BCUT2D eigenvalue weighted by Gasteiger charge is -2.23. The molecule has 0 radical (unpaired) electrons. The lowest BCUT2D eigenvalue weighted by molar-refractivity contribution is -0.143. The van der Waals surface area contributed by atoms with E-state index < -0.39 is 54.1 Å². The summed E-state index contributed by atoms with van der Waals surface area (Å²) in [6.45, 7) is 1.10. The lowest BCUT2D eigenvalue weighted by atomic mass is 10.0. The minimum Gasteiger partial charge on any atom is -0.480 e. The van der Waals surface area contributed by atoms with Crippen LogP contribution < -0.4 is 27.4 Å². The molecule has 0 aromatic heterocycles. The maximum Gasteiger partial charge on any atom is 0.326 e. The van der Waals surface area contributed by atoms with Gasteiger partial charge in [0, 0.05) is 6.42 Å². The number of hydrogen-bond donors (Lipinski definition) is 6. The van der Waals surface area contributed by atoms with Crippen molar-refractivity contribution in [2.75, 3.05) is 6.54 Å². The van der Waals surface area contributed by atoms with Crippen LogP contribution in [0, 0.1) is 0 Å². The van der Waals surface area contributed by atoms with Crippen molar-refractivity contribution < 1.29 is 29.1 Å². The van der Waals surface area contributed by atoms with Crippen LogP contribution in [0.15, 0.2) is 30.3 Å². The molecule has 0 bridgehead atoms. The third-order valence-electron chi connectivity index (χ3n) is 3.89. The largest absolute Gasteiger partial charge is 0.480 e. The molecule has 158 valence electrons. The first-order chi connectivity index (χ1) is 13.6. The highest BCUT2D eigenvalue weighted by molar-refractivity contribution is 5.94. The van der Waals surface area contributed by atoms with Crippen molar-refractivity contribution in [3.63, 3.8) is 0 Å². The molecular formula is C18H25N5O6. The van der Waals surface area contributed by atoms with Crippen LogP contribution in [0.1, 0.15) is 18.9 Å². The zero-order chi connectivity index (χ0) is 22.0. The molecule has 0 saturated heterocycles. The average Bonchev–Trinajstić information content (AvgIpc) is 2.66. The van der Waals surface area contributed by atoms with Crippen molar-refractivity contribution in [3.8, 4) is 0 Å². The van der Waals surface area contributed by atoms with Gasteiger partial charge in [-0.1, -0.05) is 30.3 Å². The van der Waals surface area contributed by atoms with Gasteiger partial charge in [0.1, 0.15) is 18.1 Å². The van der Waals surface area contributed by atoms with Gasteiger partial charge in [0.25, 0.3) is 0 Å². The molecule has 1 aromatic carbocycles. The van der Waals surface area contributed by atoms with Gasteiger partial charge in [0.15, 0.2) is 0 Å². The third-order valence-corrected chi connectivity index (χ3v) is 3.89. The van der Waals surface area contributed by atoms with Crippen molar-refractivity contribution in [3.05, 3.63) is 35.9 Å². The second-order valence-electron chi connectivity index (χ2n) is 6.31. The van der Waals surface area contributed by atoms with E-state index in [0.717, 1.165) is 0 Å². The summed E-state index contributed by atoms with van der Waals surface area (Å²) in [5.74, 6) is -4.37. The number of amides is 4. The summed E-state index contributed by atoms with van der Waals surface area (Å²) in [6.07, 6.45) is -0.547. The summed E-state index contributed by atoms with van der Waals surface area (Å²) in [4.78, 5) is 58.7. The van der Waals surface area contributed by atoms with Gasteiger partial charge >= 0.3 is 5.97 Å². The molecule has 0 aliphatic heterocycles. The van der Waals surface area contributed by atoms with Crippen LogP contribution in [0.4, 0.5) is 0 Å². The zero-order valence-electron chi connectivity index (χ0n) is 15.9. The van der Waals surface area contributed by atoms with E-state index in [1.165, 1.54) is 6.92 Å². The van der Waals surface area contributed by atoms with Gasteiger partial charge in [0.2, 0.25) is 23.6 Å². The predicted molar refractivity (Wildman–Crippen MR) is 102 cm³/mol. The predicted octanol–water partition coefficient (Wildman–Crippen LogP) is -2.38. The Morgan fingerprint density at radius 2 is 1.55 bits per heavy atom. The van der Waals surface area contributed by atoms with E-state index in [0.29, 0.717) is 5.56 Å². The van der Waals surface area contributed by atoms with Crippen molar-refractivity contribution >= 4 is 29.6 Å². The fraction of sp³-hybridized carbons (Fsp3) is 0.389. The maximum absolute atomic E-state index is 12.6. The number of carbonyl (C=O) groups is 5. The fourth-order valence-corrected chi connectivity index (χ4v) is 2.40. The van der Waals surface area contributed by atoms with Crippen LogP contribution in [-0.4, -0.2) is 59.4 Å². The van der Waals surface area contributed by atoms with Gasteiger partial charge in [-0.15, -0.1) is 0 Å². The molecule has 4 amide bonds. The first kappa shape index (κ1) is 23.6. The number of hydrogen-bond acceptors (Lipinski definition) is 6. The summed E-state index contributed by atoms with van der Waals surface area (Å²) >= 11 is 0. The number of aliphatic carboxylic acids is 1. The number of benzene rings is 1. The molecule has 29 heavy (non-hydrogen) atoms. The average molecular weight is 407 g/mol. The van der Waals surface area contributed by atoms with Gasteiger partial charge in [0.05, 0.1) is 13.0 Å². The Morgan fingerprint density at radius 3 is 2.07 bits per heavy atom. The first-order valence-corrected chi connectivity index (χ1v) is 8.79. The molecule has 11 heteroatoms. The van der Waals surface area contributed by atoms with Crippen LogP contribution in [-0.2, 0) is 30.4 Å². The molecular weight excluding hydrogens is 382 g/mol. The Hall–Kier alpha value is -3.47. The number of carbonyl (C=O) groups excluding carboxylic acids is 4. The van der Waals surface area contributed by atoms with Crippen LogP contribution in [0.5, 0.6) is 0 Å². The summed E-state index contributed by atoms with van der Waals surface area (Å²) in [7, 11) is 0. The number of nitrogens with two attached hydrogens (primary N) is 2. The standard InChI is InChI=1S/C18H25N5O6/c1-10(21-15(25)9-19)16(26)22-12(7-11-5-3-2-4-6-11)17(27)23-13(18(28)29)8-14(20)24/h2-6,10,12-13H,7-9,19H2,1H3,(H2,20,24)(H,21,25)(H,22,26)(H,23,27)(H,28,29). The Kier molecular flexibility index (Phi) is 9.26. The normalized spacial score (nSPS) is 13.4. The molecule has 1 aromatic rings. The van der Waals surface area contributed by atoms with E-state index in [-0.39, 0.29) is 13.0 Å². The molecule has 0 heterocycles. The smallest absolute Gasteiger partial charge is 0.326 e. The minimum atomic E-state index is -1.54. The zero-order valence-corrected chi connectivity index (χ0v) is 15.9. The Labute approximate surface area is 167 Å². The summed E-state index contributed by atoms with van der Waals surface area (Å²) in [5, 5.41) is 16.2. The highest BCUT2D eigenvalue weighted by atomic mass is 16.4. The lowest BCUT2D eigenvalue weighted by Crippen LogP contribution is -2.56. The molecule has 3 atom stereocenters. The molecule has 1 rings (SSSR count). The highest BCUT2D eigenvalue weighted by Crippen LogP contribution is 2.05. The van der Waals surface area contributed by atoms with Crippen LogP contribution in [0.25, 0.3) is 0 Å². The van der Waals surface area contributed by atoms with E-state index in [1.54, 1.807) is 30.3 Å². The van der Waals surface area contributed by atoms with Crippen molar-refractivity contribution in [1.29, 1.82) is 0 Å². The third kappa shape index (κ3) is 8.39. The maximum atomic E-state index is 12.6. The van der Waals surface area contributed by atoms with Gasteiger partial charge in [-0.05, 0) is 12.5 Å². The van der Waals surface area contributed by atoms with Gasteiger partial charge in [-0.2, -0.15) is 0 Å². The number of carboxylic acids is 1. The number of carboxylic acid groups (broad SMARTS) is 1. The Morgan fingerprint density at radius 1 is 0.966 bits per heavy atom. The minimum absolute atomic E-state index is 0.0544. The number of rotatable bonds is 11. The quantitative estimate of drug-likeness (QED) is 0.236. The van der Waals surface area contributed by atoms with E-state index in [1.807, 2.05) is 0 Å². The molecule has 0 spiro atoms. The molecule has 0 aliphatic carbocycles. The summed E-state index contributed by atoms with van der Waals surface area (Å²) in [5.41, 5.74) is 10.9. The SMILES string of the molecule is CC(NC(=O)CN)C(=O)NC(Cc1ccccc1)C(=O)NC(CC(N)=O)C(=O)O. The van der Waals surface area contributed by atoms with Gasteiger partial charge in [-0.25, -0.2) is 4.79 Å². The van der Waals surface area contributed by atoms with Gasteiger partial charge in [-0.3, -0.25) is 19.2 Å². The monoisotopic (exact) mass is 407 g/mol. The van der Waals surface area contributed by atoms with Crippen molar-refractivity contribution in [2.24, 2.45) is 11.5 Å². The number of nitrogens with one attached hydrogen (secondary N) is 3. The topological polar surface area (TPSA) is 194 Å². The fourth-order valence-electron chi connectivity index (χ4n) is 2.40. The van der Waals surface area contributed by atoms with E-state index >= 15 is 0 Å². The molecule has 0 aliphatic rings. The first-order valence-electron chi connectivity index (χ1n) is 8.79. The van der Waals surface area contributed by atoms with E-state index in [9.17, 15) is 24.0 Å². The van der Waals surface area contributed by atoms with Crippen LogP contribution >= 0.6 is 0 Å². The van der Waals surface area contributed by atoms with Crippen molar-refractivity contribution in [1.82, 2.24) is 16.0 Å². The molecule has 0 fully saturated rings. The van der Waals surface area contributed by atoms with E-state index in [2.05, 4.69) is 16.0 Å². The highest BCUT2D eigenvalue weighted by Gasteiger charge is 2.29. The van der Waals surface area contributed by atoms with E-state index in [4.69, 9.17) is 16.6 Å². The molecule has 0 saturated carbocycles. The molecule has 3 unspecified atom stereocenters. The summed E-state index contributed by atoms with van der Waals surface area (Å²) in [6, 6.07) is 5.04.